The van der Waals surface area contributed by atoms with E-state index in [2.05, 4.69) is 217 Å². The molecule has 0 aliphatic rings. The van der Waals surface area contributed by atoms with Crippen molar-refractivity contribution in [2.75, 3.05) is 4.90 Å². The van der Waals surface area contributed by atoms with Gasteiger partial charge in [-0.15, -0.1) is 11.3 Å². The van der Waals surface area contributed by atoms with Gasteiger partial charge in [0.25, 0.3) is 0 Å². The van der Waals surface area contributed by atoms with E-state index in [1.807, 2.05) is 23.5 Å². The highest BCUT2D eigenvalue weighted by Gasteiger charge is 2.17. The van der Waals surface area contributed by atoms with E-state index in [1.54, 1.807) is 0 Å². The van der Waals surface area contributed by atoms with E-state index in [0.29, 0.717) is 0 Å². The van der Waals surface area contributed by atoms with Crippen LogP contribution in [0.2, 0.25) is 0 Å². The Labute approximate surface area is 357 Å². The van der Waals surface area contributed by atoms with Gasteiger partial charge in [-0.1, -0.05) is 158 Å². The molecule has 0 unspecified atom stereocenters. The molecule has 61 heavy (non-hydrogen) atoms. The zero-order chi connectivity index (χ0) is 40.3. The van der Waals surface area contributed by atoms with E-state index < -0.39 is 0 Å². The lowest BCUT2D eigenvalue weighted by atomic mass is 9.95. The van der Waals surface area contributed by atoms with Gasteiger partial charge in [-0.2, -0.15) is 0 Å². The Bertz CT molecular complexity index is 3410. The number of benzene rings is 10. The van der Waals surface area contributed by atoms with Crippen molar-refractivity contribution in [3.8, 4) is 44.5 Å². The van der Waals surface area contributed by atoms with Gasteiger partial charge in [0.05, 0.1) is 0 Å². The number of fused-ring (bicyclic) bond motifs is 7. The fourth-order valence-electron chi connectivity index (χ4n) is 9.20. The Morgan fingerprint density at radius 1 is 0.311 bits per heavy atom. The van der Waals surface area contributed by atoms with Crippen LogP contribution in [0.1, 0.15) is 0 Å². The predicted octanol–water partition coefficient (Wildman–Crippen LogP) is 17.2. The largest absolute Gasteiger partial charge is 0.456 e. The summed E-state index contributed by atoms with van der Waals surface area (Å²) in [6.45, 7) is 0. The zero-order valence-corrected chi connectivity index (χ0v) is 33.9. The van der Waals surface area contributed by atoms with Crippen LogP contribution < -0.4 is 4.90 Å². The summed E-state index contributed by atoms with van der Waals surface area (Å²) in [6, 6.07) is 81.2. The van der Waals surface area contributed by atoms with E-state index in [4.69, 9.17) is 4.42 Å². The first kappa shape index (κ1) is 35.2. The van der Waals surface area contributed by atoms with Gasteiger partial charge in [0.1, 0.15) is 11.2 Å². The lowest BCUT2D eigenvalue weighted by Gasteiger charge is -2.26. The fraction of sp³-hybridized carbons (Fsp3) is 0. The van der Waals surface area contributed by atoms with Gasteiger partial charge in [0.15, 0.2) is 0 Å². The van der Waals surface area contributed by atoms with E-state index in [9.17, 15) is 0 Å². The van der Waals surface area contributed by atoms with Crippen LogP contribution in [0.25, 0.3) is 97.4 Å². The standard InChI is InChI=1S/C58H37NOS/c1-2-15-47-39(11-1)12-8-18-48(47)43-14-7-13-42(37-43)38-25-31-44(32-26-38)59(45-33-27-40(28-34-45)49-19-9-22-54-57(49)51-16-3-5-21-53(51)60-54)46-35-29-41(30-36-46)50-20-10-24-56-58(50)52-17-4-6-23-55(52)61-56/h1-37H. The second-order valence-corrected chi connectivity index (χ2v) is 16.7. The molecule has 0 amide bonds. The zero-order valence-electron chi connectivity index (χ0n) is 33.1. The van der Waals surface area contributed by atoms with E-state index in [-0.39, 0.29) is 0 Å². The molecule has 0 saturated carbocycles. The van der Waals surface area contributed by atoms with Crippen LogP contribution in [-0.2, 0) is 0 Å². The van der Waals surface area contributed by atoms with Crippen molar-refractivity contribution < 1.29 is 4.42 Å². The highest BCUT2D eigenvalue weighted by atomic mass is 32.1. The number of furan rings is 1. The average Bonchev–Trinajstić information content (AvgIpc) is 3.91. The van der Waals surface area contributed by atoms with Crippen LogP contribution in [0.5, 0.6) is 0 Å². The van der Waals surface area contributed by atoms with Crippen molar-refractivity contribution in [2.45, 2.75) is 0 Å². The summed E-state index contributed by atoms with van der Waals surface area (Å²) < 4.78 is 8.88. The molecule has 2 heterocycles. The third-order valence-electron chi connectivity index (χ3n) is 12.1. The summed E-state index contributed by atoms with van der Waals surface area (Å²) in [5.41, 5.74) is 14.7. The molecule has 286 valence electrons. The van der Waals surface area contributed by atoms with Gasteiger partial charge in [0.2, 0.25) is 0 Å². The van der Waals surface area contributed by atoms with Gasteiger partial charge in [-0.25, -0.2) is 0 Å². The first-order valence-electron chi connectivity index (χ1n) is 20.7. The minimum atomic E-state index is 0.901. The van der Waals surface area contributed by atoms with Gasteiger partial charge in [-0.3, -0.25) is 0 Å². The SMILES string of the molecule is c1cc(-c2ccc(N(c3ccc(-c4cccc5oc6ccccc6c45)cc3)c3ccc(-c4cccc5sc6ccccc6c45)cc3)cc2)cc(-c2cccc3ccccc23)c1. The third-order valence-corrected chi connectivity index (χ3v) is 13.2. The second-order valence-electron chi connectivity index (χ2n) is 15.6. The first-order valence-corrected chi connectivity index (χ1v) is 21.6. The molecule has 0 aliphatic carbocycles. The molecule has 0 atom stereocenters. The molecule has 12 aromatic rings. The molecule has 0 aliphatic heterocycles. The molecule has 0 saturated heterocycles. The average molecular weight is 796 g/mol. The van der Waals surface area contributed by atoms with Gasteiger partial charge in [0, 0.05) is 48.0 Å². The summed E-state index contributed by atoms with van der Waals surface area (Å²) in [7, 11) is 0. The maximum atomic E-state index is 6.25. The highest BCUT2D eigenvalue weighted by molar-refractivity contribution is 7.25. The van der Waals surface area contributed by atoms with Gasteiger partial charge in [-0.05, 0) is 122 Å². The van der Waals surface area contributed by atoms with Crippen LogP contribution in [0.4, 0.5) is 17.1 Å². The molecule has 10 aromatic carbocycles. The highest BCUT2D eigenvalue weighted by Crippen LogP contribution is 2.43. The van der Waals surface area contributed by atoms with Crippen molar-refractivity contribution >= 4 is 81.3 Å². The smallest absolute Gasteiger partial charge is 0.136 e. The summed E-state index contributed by atoms with van der Waals surface area (Å²) in [4.78, 5) is 2.36. The van der Waals surface area contributed by atoms with Crippen molar-refractivity contribution in [1.82, 2.24) is 0 Å². The van der Waals surface area contributed by atoms with Crippen molar-refractivity contribution in [1.29, 1.82) is 0 Å². The number of thiophene rings is 1. The number of para-hydroxylation sites is 1. The fourth-order valence-corrected chi connectivity index (χ4v) is 10.3. The topological polar surface area (TPSA) is 16.4 Å². The molecule has 2 nitrogen and oxygen atoms in total. The third kappa shape index (κ3) is 6.09. The first-order chi connectivity index (χ1) is 30.2. The monoisotopic (exact) mass is 795 g/mol. The van der Waals surface area contributed by atoms with Crippen LogP contribution >= 0.6 is 11.3 Å². The molecular weight excluding hydrogens is 759 g/mol. The normalized spacial score (nSPS) is 11.6. The maximum absolute atomic E-state index is 6.25. The molecule has 2 aromatic heterocycles. The molecular formula is C58H37NOS. The Morgan fingerprint density at radius 3 is 1.57 bits per heavy atom. The predicted molar refractivity (Wildman–Crippen MR) is 261 cm³/mol. The molecule has 12 rings (SSSR count). The van der Waals surface area contributed by atoms with Crippen molar-refractivity contribution in [3.63, 3.8) is 0 Å². The summed E-state index contributed by atoms with van der Waals surface area (Å²) in [5, 5.41) is 7.43. The molecule has 0 radical (unpaired) electrons. The summed E-state index contributed by atoms with van der Waals surface area (Å²) in [6.07, 6.45) is 0. The lowest BCUT2D eigenvalue weighted by molar-refractivity contribution is 0.669. The summed E-state index contributed by atoms with van der Waals surface area (Å²) in [5.74, 6) is 0. The van der Waals surface area contributed by atoms with Crippen LogP contribution in [0.15, 0.2) is 229 Å². The number of anilines is 3. The number of nitrogens with zero attached hydrogens (tertiary/aromatic N) is 1. The summed E-state index contributed by atoms with van der Waals surface area (Å²) >= 11 is 1.86. The lowest BCUT2D eigenvalue weighted by Crippen LogP contribution is -2.09. The van der Waals surface area contributed by atoms with E-state index in [1.165, 1.54) is 64.3 Å². The minimum Gasteiger partial charge on any atom is -0.456 e. The van der Waals surface area contributed by atoms with E-state index >= 15 is 0 Å². The molecule has 0 spiro atoms. The molecule has 0 bridgehead atoms. The van der Waals surface area contributed by atoms with E-state index in [0.717, 1.165) is 50.1 Å². The number of hydrogen-bond acceptors (Lipinski definition) is 3. The number of rotatable bonds is 7. The second kappa shape index (κ2) is 14.5. The van der Waals surface area contributed by atoms with Crippen LogP contribution in [-0.4, -0.2) is 0 Å². The Morgan fingerprint density at radius 2 is 0.820 bits per heavy atom. The van der Waals surface area contributed by atoms with Crippen LogP contribution in [0, 0.1) is 0 Å². The van der Waals surface area contributed by atoms with Gasteiger partial charge < -0.3 is 9.32 Å². The maximum Gasteiger partial charge on any atom is 0.136 e. The van der Waals surface area contributed by atoms with Gasteiger partial charge >= 0.3 is 0 Å². The van der Waals surface area contributed by atoms with Crippen molar-refractivity contribution in [3.05, 3.63) is 224 Å². The minimum absolute atomic E-state index is 0.901. The van der Waals surface area contributed by atoms with Crippen LogP contribution in [0.3, 0.4) is 0 Å². The molecule has 3 heteroatoms. The Hall–Kier alpha value is -7.72. The molecule has 0 N–H and O–H groups in total. The number of hydrogen-bond donors (Lipinski definition) is 0. The Balaban J connectivity index is 0.941. The quantitative estimate of drug-likeness (QED) is 0.160. The Kier molecular flexibility index (Phi) is 8.39. The van der Waals surface area contributed by atoms with Crippen molar-refractivity contribution in [2.24, 2.45) is 0 Å². The molecule has 0 fully saturated rings.